The Hall–Kier alpha value is -8.27. The van der Waals surface area contributed by atoms with E-state index in [-0.39, 0.29) is 22.3 Å². The summed E-state index contributed by atoms with van der Waals surface area (Å²) in [5.74, 6) is 3.20. The third kappa shape index (κ3) is 16.0. The van der Waals surface area contributed by atoms with E-state index >= 15 is 0 Å². The number of para-hydroxylation sites is 5. The van der Waals surface area contributed by atoms with Crippen molar-refractivity contribution in [3.05, 3.63) is 193 Å². The van der Waals surface area contributed by atoms with Crippen molar-refractivity contribution in [3.8, 4) is 0 Å². The molecule has 11 aromatic rings. The van der Waals surface area contributed by atoms with Gasteiger partial charge in [-0.25, -0.2) is 26.1 Å². The number of carbonyl (C=O) groups is 2. The van der Waals surface area contributed by atoms with E-state index in [2.05, 4.69) is 163 Å². The Labute approximate surface area is 571 Å². The number of amides is 2. The SMILES string of the molecule is CC(=O)N1CCC(c2c[nH]c3ccccc23)CC1.CC(C)(C)C(=O)N1CCC(c2c[nH]c3ccccc23)CC1.CS(=O)(=O)N1CCC(c2c[nH]c3ccccc23)CC1.Cn1cnc(S(=O)(=O)N2CCC(c3c[nH]c4ccccc34)CC2)c1.c1ccc2c(C3CCNCC3)c[nH]c2c1. The first kappa shape index (κ1) is 68.7. The van der Waals surface area contributed by atoms with Gasteiger partial charge in [0, 0.05) is 163 Å². The number of hydrogen-bond acceptors (Lipinski definition) is 8. The highest BCUT2D eigenvalue weighted by Gasteiger charge is 2.34. The predicted octanol–water partition coefficient (Wildman–Crippen LogP) is 14.2. The minimum Gasteiger partial charge on any atom is -0.361 e. The van der Waals surface area contributed by atoms with Gasteiger partial charge in [0.1, 0.15) is 0 Å². The number of nitrogens with one attached hydrogen (secondary N) is 6. The van der Waals surface area contributed by atoms with Gasteiger partial charge in [-0.1, -0.05) is 112 Å². The summed E-state index contributed by atoms with van der Waals surface area (Å²) >= 11 is 0. The number of aryl methyl sites for hydroxylation is 1. The van der Waals surface area contributed by atoms with Crippen LogP contribution in [-0.2, 0) is 36.7 Å². The van der Waals surface area contributed by atoms with Gasteiger partial charge in [-0.05, 0) is 165 Å². The zero-order chi connectivity index (χ0) is 67.8. The smallest absolute Gasteiger partial charge is 0.262 e. The van der Waals surface area contributed by atoms with Gasteiger partial charge >= 0.3 is 0 Å². The number of nitrogens with zero attached hydrogens (tertiary/aromatic N) is 6. The van der Waals surface area contributed by atoms with E-state index in [0.717, 1.165) is 108 Å². The Bertz CT molecular complexity index is 4670. The fourth-order valence-electron chi connectivity index (χ4n) is 15.2. The van der Waals surface area contributed by atoms with Crippen molar-refractivity contribution in [1.82, 2.24) is 58.2 Å². The third-order valence-corrected chi connectivity index (χ3v) is 23.8. The Kier molecular flexibility index (Phi) is 21.4. The third-order valence-electron chi connectivity index (χ3n) is 20.7. The molecule has 6 aromatic heterocycles. The number of sulfonamides is 2. The van der Waals surface area contributed by atoms with Gasteiger partial charge in [-0.2, -0.15) is 4.31 Å². The number of benzene rings is 5. The van der Waals surface area contributed by atoms with Gasteiger partial charge in [0.2, 0.25) is 21.8 Å². The van der Waals surface area contributed by atoms with Gasteiger partial charge in [-0.15, -0.1) is 0 Å². The van der Waals surface area contributed by atoms with Crippen molar-refractivity contribution in [2.24, 2.45) is 12.5 Å². The second-order valence-electron chi connectivity index (χ2n) is 28.1. The lowest BCUT2D eigenvalue weighted by Gasteiger charge is -2.35. The summed E-state index contributed by atoms with van der Waals surface area (Å²) in [4.78, 5) is 48.3. The Morgan fingerprint density at radius 1 is 0.433 bits per heavy atom. The number of imidazole rings is 1. The average molecular weight is 1350 g/mol. The highest BCUT2D eigenvalue weighted by Crippen LogP contribution is 2.39. The minimum atomic E-state index is -3.48. The van der Waals surface area contributed by atoms with E-state index in [1.165, 1.54) is 96.7 Å². The van der Waals surface area contributed by atoms with Gasteiger partial charge < -0.3 is 44.6 Å². The van der Waals surface area contributed by atoms with E-state index in [9.17, 15) is 26.4 Å². The summed E-state index contributed by atoms with van der Waals surface area (Å²) in [6.07, 6.45) is 25.2. The molecule has 0 unspecified atom stereocenters. The largest absolute Gasteiger partial charge is 0.361 e. The molecular weight excluding hydrogens is 1250 g/mol. The molecule has 512 valence electrons. The standard InChI is InChI=1S/C18H24N2O.C17H20N4O2S.C15H18N2O.C14H18N2O2S.C13H16N2/c1-18(2,3)17(21)20-10-8-13(9-11-20)15-12-19-16-7-5-4-6-14(15)16;1-20-11-17(19-12-20)24(22,23)21-8-6-13(7-9-21)15-10-18-16-5-3-2-4-14(15)16;1-11(18)17-8-6-12(7-9-17)14-10-16-15-5-3-2-4-13(14)15;1-19(17,18)16-8-6-11(7-9-16)13-10-15-14-5-3-2-4-12(13)14;1-2-4-13-11(3-1)12(9-15-13)10-5-7-14-8-6-10/h4-7,12-13,19H,8-11H2,1-3H3;2-5,10-13,18H,6-9H2,1H3;2-5,10,12,16H,6-9H2,1H3;2-5,10-11,15H,6-9H2,1H3;1-4,9-10,14-15H,5-8H2. The van der Waals surface area contributed by atoms with Crippen LogP contribution in [0.5, 0.6) is 0 Å². The number of piperidine rings is 5. The first-order chi connectivity index (χ1) is 46.8. The summed E-state index contributed by atoms with van der Waals surface area (Å²) in [5.41, 5.74) is 12.7. The summed E-state index contributed by atoms with van der Waals surface area (Å²) in [6.45, 7) is 15.8. The van der Waals surface area contributed by atoms with Crippen molar-refractivity contribution >= 4 is 86.4 Å². The first-order valence-electron chi connectivity index (χ1n) is 34.8. The molecule has 2 amide bonds. The average Bonchev–Trinajstić information content (AvgIpc) is 1.55. The second kappa shape index (κ2) is 30.2. The number of likely N-dealkylation sites (tertiary alicyclic amines) is 2. The molecule has 5 fully saturated rings. The normalized spacial score (nSPS) is 17.9. The molecule has 0 spiro atoms. The van der Waals surface area contributed by atoms with Gasteiger partial charge in [0.15, 0.2) is 5.03 Å². The quantitative estimate of drug-likeness (QED) is 0.0856. The molecule has 0 bridgehead atoms. The molecule has 0 radical (unpaired) electrons. The zero-order valence-corrected chi connectivity index (χ0v) is 58.7. The lowest BCUT2D eigenvalue weighted by molar-refractivity contribution is -0.140. The summed E-state index contributed by atoms with van der Waals surface area (Å²) in [6, 6.07) is 42.0. The Balaban J connectivity index is 0.000000116. The number of fused-ring (bicyclic) bond motifs is 5. The molecule has 20 heteroatoms. The summed E-state index contributed by atoms with van der Waals surface area (Å²) in [7, 11) is -4.74. The summed E-state index contributed by atoms with van der Waals surface area (Å²) < 4.78 is 53.1. The molecule has 5 aliphatic rings. The molecule has 11 heterocycles. The van der Waals surface area contributed by atoms with Crippen molar-refractivity contribution < 1.29 is 26.4 Å². The van der Waals surface area contributed by atoms with Crippen LogP contribution >= 0.6 is 0 Å². The van der Waals surface area contributed by atoms with Gasteiger partial charge in [0.05, 0.1) is 12.6 Å². The number of aromatic nitrogens is 7. The van der Waals surface area contributed by atoms with Crippen LogP contribution in [0.1, 0.15) is 149 Å². The van der Waals surface area contributed by atoms with E-state index in [4.69, 9.17) is 0 Å². The molecule has 5 aromatic carbocycles. The van der Waals surface area contributed by atoms with Crippen LogP contribution in [0.2, 0.25) is 0 Å². The number of rotatable bonds is 8. The molecule has 18 nitrogen and oxygen atoms in total. The van der Waals surface area contributed by atoms with Crippen LogP contribution in [-0.4, -0.2) is 153 Å². The van der Waals surface area contributed by atoms with Crippen molar-refractivity contribution in [3.63, 3.8) is 0 Å². The maximum atomic E-state index is 12.7. The molecule has 6 N–H and O–H groups in total. The van der Waals surface area contributed by atoms with Gasteiger partial charge in [-0.3, -0.25) is 9.59 Å². The maximum absolute atomic E-state index is 12.7. The van der Waals surface area contributed by atoms with E-state index in [1.54, 1.807) is 33.3 Å². The molecule has 0 aliphatic carbocycles. The first-order valence-corrected chi connectivity index (χ1v) is 38.1. The van der Waals surface area contributed by atoms with Crippen LogP contribution in [0.15, 0.2) is 170 Å². The van der Waals surface area contributed by atoms with Crippen molar-refractivity contribution in [2.45, 2.75) is 127 Å². The maximum Gasteiger partial charge on any atom is 0.262 e. The molecular formula is C77H96N12O6S2. The Morgan fingerprint density at radius 3 is 1.03 bits per heavy atom. The van der Waals surface area contributed by atoms with Crippen LogP contribution in [0.4, 0.5) is 0 Å². The lowest BCUT2D eigenvalue weighted by Crippen LogP contribution is -2.43. The highest BCUT2D eigenvalue weighted by molar-refractivity contribution is 7.89. The van der Waals surface area contributed by atoms with E-state index in [1.807, 2.05) is 54.8 Å². The molecule has 16 rings (SSSR count). The Morgan fingerprint density at radius 2 is 0.732 bits per heavy atom. The highest BCUT2D eigenvalue weighted by atomic mass is 32.2. The van der Waals surface area contributed by atoms with Crippen molar-refractivity contribution in [2.75, 3.05) is 71.7 Å². The number of carbonyl (C=O) groups excluding carboxylic acids is 2. The number of hydrogen-bond donors (Lipinski definition) is 6. The zero-order valence-electron chi connectivity index (χ0n) is 57.1. The van der Waals surface area contributed by atoms with Gasteiger partial charge in [0.25, 0.3) is 10.0 Å². The van der Waals surface area contributed by atoms with Crippen LogP contribution in [0.25, 0.3) is 54.5 Å². The fraction of sp³-hybridized carbons (Fsp3) is 0.416. The molecule has 97 heavy (non-hydrogen) atoms. The predicted molar refractivity (Wildman–Crippen MR) is 391 cm³/mol. The van der Waals surface area contributed by atoms with Crippen LogP contribution in [0, 0.1) is 5.41 Å². The monoisotopic (exact) mass is 1350 g/mol. The van der Waals surface area contributed by atoms with Crippen molar-refractivity contribution in [1.29, 1.82) is 0 Å². The summed E-state index contributed by atoms with van der Waals surface area (Å²) in [5, 5.41) is 10.1. The molecule has 5 saturated heterocycles. The van der Waals surface area contributed by atoms with Crippen LogP contribution in [0.3, 0.4) is 0 Å². The number of aromatic amines is 5. The van der Waals surface area contributed by atoms with Crippen LogP contribution < -0.4 is 5.32 Å². The fourth-order valence-corrected chi connectivity index (χ4v) is 17.5. The molecule has 0 atom stereocenters. The number of H-pyrrole nitrogens is 5. The van der Waals surface area contributed by atoms with E-state index in [0.29, 0.717) is 49.9 Å². The second-order valence-corrected chi connectivity index (χ2v) is 31.9. The molecule has 5 aliphatic heterocycles. The minimum absolute atomic E-state index is 0.135. The topological polar surface area (TPSA) is 224 Å². The van der Waals surface area contributed by atoms with E-state index < -0.39 is 20.0 Å². The lowest BCUT2D eigenvalue weighted by atomic mass is 9.87. The molecule has 0 saturated carbocycles.